The molecule has 0 radical (unpaired) electrons. The summed E-state index contributed by atoms with van der Waals surface area (Å²) >= 11 is 5.86. The molecule has 0 bridgehead atoms. The van der Waals surface area contributed by atoms with E-state index in [0.717, 1.165) is 11.1 Å². The molecule has 1 heterocycles. The van der Waals surface area contributed by atoms with Gasteiger partial charge in [0.25, 0.3) is 5.91 Å². The SMILES string of the molecule is O=C(NCc1ccccc1)c1cnc(NCc2ccc(Cl)cc2)cn1. The van der Waals surface area contributed by atoms with Crippen LogP contribution in [0.5, 0.6) is 0 Å². The Morgan fingerprint density at radius 1 is 0.880 bits per heavy atom. The Hall–Kier alpha value is -2.92. The molecule has 25 heavy (non-hydrogen) atoms. The second kappa shape index (κ2) is 8.26. The van der Waals surface area contributed by atoms with Gasteiger partial charge >= 0.3 is 0 Å². The molecule has 1 amide bonds. The number of hydrogen-bond acceptors (Lipinski definition) is 4. The number of nitrogens with zero attached hydrogens (tertiary/aromatic N) is 2. The summed E-state index contributed by atoms with van der Waals surface area (Å²) < 4.78 is 0. The minimum Gasteiger partial charge on any atom is -0.365 e. The number of hydrogen-bond donors (Lipinski definition) is 2. The van der Waals surface area contributed by atoms with Crippen molar-refractivity contribution in [2.75, 3.05) is 5.32 Å². The van der Waals surface area contributed by atoms with E-state index in [1.54, 1.807) is 6.20 Å². The van der Waals surface area contributed by atoms with E-state index in [2.05, 4.69) is 20.6 Å². The van der Waals surface area contributed by atoms with Gasteiger partial charge in [0.2, 0.25) is 0 Å². The first-order valence-electron chi connectivity index (χ1n) is 7.83. The van der Waals surface area contributed by atoms with Crippen LogP contribution in [0, 0.1) is 0 Å². The van der Waals surface area contributed by atoms with Crippen molar-refractivity contribution in [3.05, 3.63) is 88.8 Å². The lowest BCUT2D eigenvalue weighted by Gasteiger charge is -2.07. The third-order valence-electron chi connectivity index (χ3n) is 3.57. The number of carbonyl (C=O) groups excluding carboxylic acids is 1. The van der Waals surface area contributed by atoms with Crippen LogP contribution in [-0.2, 0) is 13.1 Å². The molecule has 0 saturated heterocycles. The Morgan fingerprint density at radius 2 is 1.60 bits per heavy atom. The van der Waals surface area contributed by atoms with Gasteiger partial charge in [0.15, 0.2) is 0 Å². The lowest BCUT2D eigenvalue weighted by Crippen LogP contribution is -2.24. The Bertz CT molecular complexity index is 820. The lowest BCUT2D eigenvalue weighted by molar-refractivity contribution is 0.0945. The highest BCUT2D eigenvalue weighted by Gasteiger charge is 2.07. The zero-order valence-electron chi connectivity index (χ0n) is 13.4. The highest BCUT2D eigenvalue weighted by atomic mass is 35.5. The molecule has 0 aliphatic heterocycles. The largest absolute Gasteiger partial charge is 0.365 e. The van der Waals surface area contributed by atoms with Gasteiger partial charge in [0.1, 0.15) is 11.5 Å². The van der Waals surface area contributed by atoms with E-state index < -0.39 is 0 Å². The maximum atomic E-state index is 12.1. The maximum absolute atomic E-state index is 12.1. The molecule has 0 fully saturated rings. The summed E-state index contributed by atoms with van der Waals surface area (Å²) in [5.74, 6) is 0.357. The number of rotatable bonds is 6. The van der Waals surface area contributed by atoms with E-state index in [4.69, 9.17) is 11.6 Å². The summed E-state index contributed by atoms with van der Waals surface area (Å²) in [4.78, 5) is 20.5. The molecule has 6 heteroatoms. The highest BCUT2D eigenvalue weighted by molar-refractivity contribution is 6.30. The van der Waals surface area contributed by atoms with Gasteiger partial charge in [-0.15, -0.1) is 0 Å². The first-order valence-corrected chi connectivity index (χ1v) is 8.21. The molecule has 126 valence electrons. The molecule has 3 rings (SSSR count). The normalized spacial score (nSPS) is 10.3. The summed E-state index contributed by atoms with van der Waals surface area (Å²) in [7, 11) is 0. The first kappa shape index (κ1) is 16.9. The van der Waals surface area contributed by atoms with Crippen molar-refractivity contribution < 1.29 is 4.79 Å². The molecule has 0 aliphatic rings. The minimum absolute atomic E-state index is 0.249. The quantitative estimate of drug-likeness (QED) is 0.710. The second-order valence-corrected chi connectivity index (χ2v) is 5.87. The molecule has 2 aromatic carbocycles. The number of anilines is 1. The van der Waals surface area contributed by atoms with Gasteiger partial charge in [-0.3, -0.25) is 4.79 Å². The first-order chi connectivity index (χ1) is 12.2. The Kier molecular flexibility index (Phi) is 5.59. The van der Waals surface area contributed by atoms with Crippen molar-refractivity contribution in [3.8, 4) is 0 Å². The maximum Gasteiger partial charge on any atom is 0.271 e. The van der Waals surface area contributed by atoms with Crippen molar-refractivity contribution >= 4 is 23.3 Å². The van der Waals surface area contributed by atoms with Gasteiger partial charge in [0, 0.05) is 18.1 Å². The fraction of sp³-hybridized carbons (Fsp3) is 0.105. The van der Waals surface area contributed by atoms with Crippen molar-refractivity contribution in [2.24, 2.45) is 0 Å². The predicted octanol–water partition coefficient (Wildman–Crippen LogP) is 3.67. The molecule has 5 nitrogen and oxygen atoms in total. The smallest absolute Gasteiger partial charge is 0.271 e. The minimum atomic E-state index is -0.249. The van der Waals surface area contributed by atoms with Crippen LogP contribution in [0.15, 0.2) is 67.0 Å². The molecule has 3 aromatic rings. The van der Waals surface area contributed by atoms with Crippen LogP contribution in [0.1, 0.15) is 21.6 Å². The molecular formula is C19H17ClN4O. The van der Waals surface area contributed by atoms with Crippen LogP contribution in [-0.4, -0.2) is 15.9 Å². The third-order valence-corrected chi connectivity index (χ3v) is 3.82. The lowest BCUT2D eigenvalue weighted by atomic mass is 10.2. The third kappa shape index (κ3) is 5.02. The van der Waals surface area contributed by atoms with Crippen molar-refractivity contribution in [3.63, 3.8) is 0 Å². The topological polar surface area (TPSA) is 66.9 Å². The van der Waals surface area contributed by atoms with Crippen molar-refractivity contribution in [1.82, 2.24) is 15.3 Å². The number of aromatic nitrogens is 2. The molecule has 0 aliphatic carbocycles. The van der Waals surface area contributed by atoms with Gasteiger partial charge < -0.3 is 10.6 Å². The van der Waals surface area contributed by atoms with E-state index in [1.807, 2.05) is 54.6 Å². The Balaban J connectivity index is 1.52. The van der Waals surface area contributed by atoms with E-state index in [9.17, 15) is 4.79 Å². The van der Waals surface area contributed by atoms with Gasteiger partial charge in [-0.2, -0.15) is 0 Å². The average Bonchev–Trinajstić information content (AvgIpc) is 2.67. The number of amides is 1. The Labute approximate surface area is 151 Å². The molecule has 1 aromatic heterocycles. The van der Waals surface area contributed by atoms with Crippen molar-refractivity contribution in [2.45, 2.75) is 13.1 Å². The number of carbonyl (C=O) groups is 1. The van der Waals surface area contributed by atoms with E-state index in [0.29, 0.717) is 23.9 Å². The molecule has 0 atom stereocenters. The average molecular weight is 353 g/mol. The van der Waals surface area contributed by atoms with Gasteiger partial charge in [-0.25, -0.2) is 9.97 Å². The van der Waals surface area contributed by atoms with Crippen LogP contribution >= 0.6 is 11.6 Å². The van der Waals surface area contributed by atoms with Crippen LogP contribution in [0.25, 0.3) is 0 Å². The van der Waals surface area contributed by atoms with Gasteiger partial charge in [-0.1, -0.05) is 54.1 Å². The molecule has 2 N–H and O–H groups in total. The van der Waals surface area contributed by atoms with Gasteiger partial charge in [-0.05, 0) is 23.3 Å². The van der Waals surface area contributed by atoms with Gasteiger partial charge in [0.05, 0.1) is 12.4 Å². The van der Waals surface area contributed by atoms with Crippen LogP contribution < -0.4 is 10.6 Å². The predicted molar refractivity (Wildman–Crippen MR) is 98.4 cm³/mol. The van der Waals surface area contributed by atoms with Crippen LogP contribution in [0.3, 0.4) is 0 Å². The Morgan fingerprint density at radius 3 is 2.28 bits per heavy atom. The van der Waals surface area contributed by atoms with Crippen LogP contribution in [0.2, 0.25) is 5.02 Å². The van der Waals surface area contributed by atoms with Crippen molar-refractivity contribution in [1.29, 1.82) is 0 Å². The second-order valence-electron chi connectivity index (χ2n) is 5.44. The molecule has 0 spiro atoms. The molecule has 0 unspecified atom stereocenters. The van der Waals surface area contributed by atoms with E-state index in [1.165, 1.54) is 6.20 Å². The number of benzene rings is 2. The summed E-state index contributed by atoms with van der Waals surface area (Å²) in [6.45, 7) is 1.06. The number of nitrogens with one attached hydrogen (secondary N) is 2. The molecule has 0 saturated carbocycles. The zero-order valence-corrected chi connectivity index (χ0v) is 14.2. The summed E-state index contributed by atoms with van der Waals surface area (Å²) in [6.07, 6.45) is 3.01. The summed E-state index contributed by atoms with van der Waals surface area (Å²) in [6, 6.07) is 17.3. The van der Waals surface area contributed by atoms with E-state index in [-0.39, 0.29) is 11.6 Å². The summed E-state index contributed by atoms with van der Waals surface area (Å²) in [5, 5.41) is 6.68. The fourth-order valence-electron chi connectivity index (χ4n) is 2.20. The van der Waals surface area contributed by atoms with E-state index >= 15 is 0 Å². The van der Waals surface area contributed by atoms with Crippen LogP contribution in [0.4, 0.5) is 5.82 Å². The standard InChI is InChI=1S/C19H17ClN4O/c20-16-8-6-15(7-9-16)10-22-18-13-21-17(12-23-18)19(25)24-11-14-4-2-1-3-5-14/h1-9,12-13H,10-11H2,(H,22,23)(H,24,25). The fourth-order valence-corrected chi connectivity index (χ4v) is 2.33. The number of halogens is 1. The molecular weight excluding hydrogens is 336 g/mol. The summed E-state index contributed by atoms with van der Waals surface area (Å²) in [5.41, 5.74) is 2.40. The zero-order chi connectivity index (χ0) is 17.5. The monoisotopic (exact) mass is 352 g/mol. The highest BCUT2D eigenvalue weighted by Crippen LogP contribution is 2.11.